The molecular weight excluding hydrogens is 433 g/mol. The molecule has 2 aliphatic carbocycles. The first-order valence-corrected chi connectivity index (χ1v) is 10.8. The Kier molecular flexibility index (Phi) is 4.43. The number of fused-ring (bicyclic) bond motifs is 3. The molecule has 126 valence electrons. The maximum absolute atomic E-state index is 13.1. The average molecular weight is 453 g/mol. The highest BCUT2D eigenvalue weighted by molar-refractivity contribution is 14.1. The molecule has 3 nitrogen and oxygen atoms in total. The number of sulfonamides is 1. The van der Waals surface area contributed by atoms with Gasteiger partial charge in [0, 0.05) is 28.9 Å². The molecule has 0 amide bonds. The lowest BCUT2D eigenvalue weighted by atomic mass is 9.94. The highest BCUT2D eigenvalue weighted by atomic mass is 127. The number of nitrogens with zero attached hydrogens (tertiary/aromatic N) is 1. The highest BCUT2D eigenvalue weighted by Gasteiger charge is 2.45. The zero-order valence-corrected chi connectivity index (χ0v) is 16.3. The minimum absolute atomic E-state index is 0.0863. The summed E-state index contributed by atoms with van der Waals surface area (Å²) in [4.78, 5) is 0.389. The number of benzene rings is 2. The molecule has 4 rings (SSSR count). The molecule has 1 saturated carbocycles. The summed E-state index contributed by atoms with van der Waals surface area (Å²) in [5.41, 5.74) is 2.80. The fraction of sp³-hybridized carbons (Fsp3) is 0.368. The fourth-order valence-electron chi connectivity index (χ4n) is 4.31. The van der Waals surface area contributed by atoms with Crippen LogP contribution in [0.3, 0.4) is 0 Å². The van der Waals surface area contributed by atoms with Crippen molar-refractivity contribution in [2.24, 2.45) is 11.8 Å². The van der Waals surface area contributed by atoms with E-state index in [0.29, 0.717) is 16.7 Å². The van der Waals surface area contributed by atoms with E-state index in [4.69, 9.17) is 0 Å². The predicted octanol–water partition coefficient (Wildman–Crippen LogP) is 4.22. The lowest BCUT2D eigenvalue weighted by Gasteiger charge is -2.29. The zero-order chi connectivity index (χ0) is 16.7. The molecule has 2 unspecified atom stereocenters. The molecule has 0 aliphatic heterocycles. The van der Waals surface area contributed by atoms with Gasteiger partial charge in [-0.05, 0) is 60.8 Å². The van der Waals surface area contributed by atoms with Crippen LogP contribution in [0.15, 0.2) is 59.5 Å². The largest absolute Gasteiger partial charge is 0.251 e. The van der Waals surface area contributed by atoms with Crippen molar-refractivity contribution in [1.82, 2.24) is 2.52 Å². The van der Waals surface area contributed by atoms with E-state index in [1.807, 2.05) is 28.9 Å². The van der Waals surface area contributed by atoms with Crippen LogP contribution in [0, 0.1) is 11.8 Å². The first kappa shape index (κ1) is 16.5. The lowest BCUT2D eigenvalue weighted by Crippen LogP contribution is -2.39. The summed E-state index contributed by atoms with van der Waals surface area (Å²) in [5.74, 6) is 0.822. The van der Waals surface area contributed by atoms with Crippen molar-refractivity contribution in [3.63, 3.8) is 0 Å². The normalized spacial score (nSPS) is 26.2. The molecule has 0 N–H and O–H groups in total. The molecule has 5 heteroatoms. The lowest BCUT2D eigenvalue weighted by molar-refractivity contribution is 0.326. The van der Waals surface area contributed by atoms with Gasteiger partial charge in [0.25, 0.3) is 10.0 Å². The van der Waals surface area contributed by atoms with Gasteiger partial charge in [-0.2, -0.15) is 0 Å². The van der Waals surface area contributed by atoms with E-state index in [2.05, 4.69) is 24.3 Å². The minimum atomic E-state index is -3.45. The molecule has 0 spiro atoms. The van der Waals surface area contributed by atoms with Crippen molar-refractivity contribution < 1.29 is 8.42 Å². The number of rotatable bonds is 3. The van der Waals surface area contributed by atoms with Crippen molar-refractivity contribution in [2.75, 3.05) is 0 Å². The van der Waals surface area contributed by atoms with E-state index in [1.165, 1.54) is 11.1 Å². The second-order valence-electron chi connectivity index (χ2n) is 6.83. The van der Waals surface area contributed by atoms with Crippen molar-refractivity contribution in [2.45, 2.75) is 36.6 Å². The Hall–Kier alpha value is -0.920. The van der Waals surface area contributed by atoms with Gasteiger partial charge >= 0.3 is 0 Å². The molecule has 0 heterocycles. The summed E-state index contributed by atoms with van der Waals surface area (Å²) in [7, 11) is -3.45. The molecule has 24 heavy (non-hydrogen) atoms. The van der Waals surface area contributed by atoms with Gasteiger partial charge < -0.3 is 0 Å². The molecule has 2 bridgehead atoms. The van der Waals surface area contributed by atoms with Gasteiger partial charge in [0.05, 0.1) is 4.90 Å². The molecule has 2 aromatic rings. The van der Waals surface area contributed by atoms with Crippen LogP contribution in [-0.4, -0.2) is 17.0 Å². The standard InChI is InChI=1S/C19H20INO2S/c20-21(24(22,23)18-8-2-1-3-9-18)19-16-10-11-17(19)13-15-7-5-4-6-14(15)12-16/h1-9,16-17,19H,10-13H2. The molecule has 0 aromatic heterocycles. The molecule has 1 fully saturated rings. The molecule has 2 aliphatic rings. The number of hydrogen-bond donors (Lipinski definition) is 0. The van der Waals surface area contributed by atoms with Crippen molar-refractivity contribution in [3.8, 4) is 0 Å². The summed E-state index contributed by atoms with van der Waals surface area (Å²) in [6, 6.07) is 17.5. The van der Waals surface area contributed by atoms with Gasteiger partial charge in [0.15, 0.2) is 0 Å². The van der Waals surface area contributed by atoms with Crippen LogP contribution in [0.5, 0.6) is 0 Å². The van der Waals surface area contributed by atoms with Crippen LogP contribution in [0.4, 0.5) is 0 Å². The van der Waals surface area contributed by atoms with E-state index in [1.54, 1.807) is 26.8 Å². The fourth-order valence-corrected chi connectivity index (χ4v) is 7.26. The quantitative estimate of drug-likeness (QED) is 0.516. The summed E-state index contributed by atoms with van der Waals surface area (Å²) in [6.07, 6.45) is 4.21. The van der Waals surface area contributed by atoms with Crippen LogP contribution < -0.4 is 0 Å². The highest BCUT2D eigenvalue weighted by Crippen LogP contribution is 2.45. The van der Waals surface area contributed by atoms with Gasteiger partial charge in [-0.15, -0.1) is 2.52 Å². The first-order chi connectivity index (χ1) is 11.6. The maximum atomic E-state index is 13.1. The summed E-state index contributed by atoms with van der Waals surface area (Å²) in [6.45, 7) is 0. The Morgan fingerprint density at radius 2 is 1.33 bits per heavy atom. The van der Waals surface area contributed by atoms with E-state index in [-0.39, 0.29) is 6.04 Å². The topological polar surface area (TPSA) is 37.4 Å². The van der Waals surface area contributed by atoms with E-state index in [0.717, 1.165) is 25.7 Å². The smallest absolute Gasteiger partial charge is 0.206 e. The Bertz CT molecular complexity index is 804. The molecular formula is C19H20INO2S. The van der Waals surface area contributed by atoms with Gasteiger partial charge in [-0.3, -0.25) is 0 Å². The van der Waals surface area contributed by atoms with Crippen LogP contribution in [0.1, 0.15) is 24.0 Å². The second kappa shape index (κ2) is 6.42. The van der Waals surface area contributed by atoms with Gasteiger partial charge in [-0.25, -0.2) is 8.42 Å². The molecule has 2 atom stereocenters. The Balaban J connectivity index is 1.68. The zero-order valence-electron chi connectivity index (χ0n) is 13.3. The Morgan fingerprint density at radius 1 is 0.833 bits per heavy atom. The number of halogens is 1. The predicted molar refractivity (Wildman–Crippen MR) is 103 cm³/mol. The SMILES string of the molecule is O=S(=O)(c1ccccc1)N(I)C1C2CCC1Cc1ccccc1C2. The summed E-state index contributed by atoms with van der Waals surface area (Å²) < 4.78 is 27.7. The third-order valence-corrected chi connectivity index (χ3v) is 9.23. The van der Waals surface area contributed by atoms with Gasteiger partial charge in [-0.1, -0.05) is 42.5 Å². The van der Waals surface area contributed by atoms with Crippen molar-refractivity contribution in [3.05, 3.63) is 65.7 Å². The van der Waals surface area contributed by atoms with E-state index >= 15 is 0 Å². The Labute approximate surface area is 157 Å². The molecule has 2 aromatic carbocycles. The third-order valence-electron chi connectivity index (χ3n) is 5.46. The van der Waals surface area contributed by atoms with Crippen molar-refractivity contribution >= 4 is 32.9 Å². The Morgan fingerprint density at radius 3 is 1.88 bits per heavy atom. The first-order valence-electron chi connectivity index (χ1n) is 8.39. The van der Waals surface area contributed by atoms with Crippen molar-refractivity contribution in [1.29, 1.82) is 0 Å². The van der Waals surface area contributed by atoms with Gasteiger partial charge in [0.2, 0.25) is 0 Å². The van der Waals surface area contributed by atoms with Gasteiger partial charge in [0.1, 0.15) is 0 Å². The van der Waals surface area contributed by atoms with E-state index in [9.17, 15) is 8.42 Å². The average Bonchev–Trinajstić information content (AvgIpc) is 2.89. The van der Waals surface area contributed by atoms with Crippen LogP contribution in [-0.2, 0) is 22.9 Å². The monoisotopic (exact) mass is 453 g/mol. The third kappa shape index (κ3) is 2.80. The number of hydrogen-bond acceptors (Lipinski definition) is 2. The minimum Gasteiger partial charge on any atom is -0.206 e. The summed E-state index contributed by atoms with van der Waals surface area (Å²) >= 11 is 2.04. The second-order valence-corrected chi connectivity index (χ2v) is 10.3. The van der Waals surface area contributed by atoms with Crippen LogP contribution >= 0.6 is 22.9 Å². The maximum Gasteiger partial charge on any atom is 0.251 e. The molecule has 0 radical (unpaired) electrons. The molecule has 0 saturated heterocycles. The van der Waals surface area contributed by atoms with Crippen LogP contribution in [0.2, 0.25) is 0 Å². The van der Waals surface area contributed by atoms with E-state index < -0.39 is 10.0 Å². The van der Waals surface area contributed by atoms with Crippen LogP contribution in [0.25, 0.3) is 0 Å². The summed E-state index contributed by atoms with van der Waals surface area (Å²) in [5, 5.41) is 0.